The first kappa shape index (κ1) is 19.2. The highest BCUT2D eigenvalue weighted by Crippen LogP contribution is 2.28. The van der Waals surface area contributed by atoms with Gasteiger partial charge < -0.3 is 24.6 Å². The van der Waals surface area contributed by atoms with Crippen molar-refractivity contribution in [2.24, 2.45) is 5.92 Å². The summed E-state index contributed by atoms with van der Waals surface area (Å²) in [5.41, 5.74) is 1.90. The Morgan fingerprint density at radius 1 is 0.964 bits per heavy atom. The number of para-hydroxylation sites is 2. The van der Waals surface area contributed by atoms with Crippen LogP contribution in [-0.4, -0.2) is 68.8 Å². The number of carbonyl (C=O) groups excluding carboxylic acids is 2. The Morgan fingerprint density at radius 3 is 2.43 bits per heavy atom. The molecule has 0 saturated carbocycles. The molecule has 0 aromatic heterocycles. The quantitative estimate of drug-likeness (QED) is 0.854. The van der Waals surface area contributed by atoms with Gasteiger partial charge in [-0.2, -0.15) is 0 Å². The van der Waals surface area contributed by atoms with Gasteiger partial charge >= 0.3 is 0 Å². The lowest BCUT2D eigenvalue weighted by Gasteiger charge is -2.33. The molecule has 1 N–H and O–H groups in total. The number of likely N-dealkylation sites (tertiary alicyclic amines) is 1. The average Bonchev–Trinajstić information content (AvgIpc) is 3.29. The molecule has 3 saturated heterocycles. The normalized spacial score (nSPS) is 23.6. The van der Waals surface area contributed by atoms with Crippen molar-refractivity contribution in [1.82, 2.24) is 4.90 Å². The van der Waals surface area contributed by atoms with Crippen molar-refractivity contribution in [3.05, 3.63) is 24.3 Å². The summed E-state index contributed by atoms with van der Waals surface area (Å²) in [5, 5.41) is 3.13. The first-order valence-corrected chi connectivity index (χ1v) is 10.4. The molecule has 28 heavy (non-hydrogen) atoms. The molecule has 0 aliphatic carbocycles. The Hall–Kier alpha value is -2.12. The van der Waals surface area contributed by atoms with Crippen molar-refractivity contribution in [1.29, 1.82) is 0 Å². The van der Waals surface area contributed by atoms with E-state index in [9.17, 15) is 9.59 Å². The second-order valence-corrected chi connectivity index (χ2v) is 7.71. The van der Waals surface area contributed by atoms with E-state index in [2.05, 4.69) is 10.2 Å². The van der Waals surface area contributed by atoms with Crippen molar-refractivity contribution in [2.75, 3.05) is 56.2 Å². The summed E-state index contributed by atoms with van der Waals surface area (Å²) < 4.78 is 10.9. The molecule has 7 nitrogen and oxygen atoms in total. The average molecular weight is 387 g/mol. The molecule has 0 spiro atoms. The van der Waals surface area contributed by atoms with Gasteiger partial charge in [0.05, 0.1) is 24.6 Å². The molecule has 4 rings (SSSR count). The molecule has 3 heterocycles. The number of ether oxygens (including phenoxy) is 2. The van der Waals surface area contributed by atoms with Gasteiger partial charge in [-0.3, -0.25) is 9.59 Å². The summed E-state index contributed by atoms with van der Waals surface area (Å²) in [6.07, 6.45) is 2.90. The molecule has 1 aromatic carbocycles. The van der Waals surface area contributed by atoms with E-state index in [0.717, 1.165) is 37.3 Å². The van der Waals surface area contributed by atoms with Gasteiger partial charge in [0.1, 0.15) is 6.10 Å². The maximum atomic E-state index is 12.9. The first-order chi connectivity index (χ1) is 13.7. The van der Waals surface area contributed by atoms with Gasteiger partial charge in [0.25, 0.3) is 5.91 Å². The Balaban J connectivity index is 1.33. The van der Waals surface area contributed by atoms with E-state index in [1.165, 1.54) is 0 Å². The molecule has 3 aliphatic rings. The topological polar surface area (TPSA) is 71.1 Å². The number of nitrogens with one attached hydrogen (secondary N) is 1. The number of nitrogens with zero attached hydrogens (tertiary/aromatic N) is 2. The summed E-state index contributed by atoms with van der Waals surface area (Å²) in [4.78, 5) is 29.4. The van der Waals surface area contributed by atoms with E-state index in [4.69, 9.17) is 9.47 Å². The third-order valence-electron chi connectivity index (χ3n) is 5.90. The van der Waals surface area contributed by atoms with Gasteiger partial charge in [0.2, 0.25) is 5.91 Å². The van der Waals surface area contributed by atoms with Crippen LogP contribution >= 0.6 is 0 Å². The second kappa shape index (κ2) is 8.92. The van der Waals surface area contributed by atoms with Crippen molar-refractivity contribution in [3.63, 3.8) is 0 Å². The van der Waals surface area contributed by atoms with Crippen LogP contribution in [0.5, 0.6) is 0 Å². The molecule has 0 radical (unpaired) electrons. The number of amides is 2. The van der Waals surface area contributed by atoms with Gasteiger partial charge in [-0.15, -0.1) is 0 Å². The predicted octanol–water partition coefficient (Wildman–Crippen LogP) is 1.88. The van der Waals surface area contributed by atoms with Crippen LogP contribution in [0.15, 0.2) is 24.3 Å². The zero-order chi connectivity index (χ0) is 19.3. The molecule has 1 unspecified atom stereocenters. The summed E-state index contributed by atoms with van der Waals surface area (Å²) in [5.74, 6) is 0.0743. The van der Waals surface area contributed by atoms with Gasteiger partial charge in [-0.25, -0.2) is 0 Å². The minimum Gasteiger partial charge on any atom is -0.378 e. The molecule has 3 fully saturated rings. The van der Waals surface area contributed by atoms with Crippen LogP contribution in [0.4, 0.5) is 11.4 Å². The minimum atomic E-state index is -0.272. The lowest BCUT2D eigenvalue weighted by molar-refractivity contribution is -0.143. The van der Waals surface area contributed by atoms with Gasteiger partial charge in [0.15, 0.2) is 0 Å². The third-order valence-corrected chi connectivity index (χ3v) is 5.90. The van der Waals surface area contributed by atoms with E-state index in [0.29, 0.717) is 45.8 Å². The van der Waals surface area contributed by atoms with Gasteiger partial charge in [-0.1, -0.05) is 12.1 Å². The van der Waals surface area contributed by atoms with Crippen molar-refractivity contribution >= 4 is 23.2 Å². The monoisotopic (exact) mass is 387 g/mol. The molecule has 0 bridgehead atoms. The fraction of sp³-hybridized carbons (Fsp3) is 0.619. The number of carbonyl (C=O) groups is 2. The van der Waals surface area contributed by atoms with Crippen molar-refractivity contribution in [2.45, 2.75) is 31.8 Å². The summed E-state index contributed by atoms with van der Waals surface area (Å²) >= 11 is 0. The number of anilines is 2. The fourth-order valence-corrected chi connectivity index (χ4v) is 4.23. The third kappa shape index (κ3) is 4.31. The number of benzene rings is 1. The lowest BCUT2D eigenvalue weighted by atomic mass is 9.95. The Bertz CT molecular complexity index is 691. The highest BCUT2D eigenvalue weighted by molar-refractivity contribution is 5.96. The zero-order valence-corrected chi connectivity index (χ0v) is 16.3. The Labute approximate surface area is 166 Å². The lowest BCUT2D eigenvalue weighted by Crippen LogP contribution is -2.45. The molecule has 3 aliphatic heterocycles. The smallest absolute Gasteiger partial charge is 0.251 e. The first-order valence-electron chi connectivity index (χ1n) is 10.4. The fourth-order valence-electron chi connectivity index (χ4n) is 4.23. The maximum Gasteiger partial charge on any atom is 0.251 e. The molecular weight excluding hydrogens is 358 g/mol. The summed E-state index contributed by atoms with van der Waals surface area (Å²) in [6, 6.07) is 7.95. The molecule has 1 atom stereocenters. The minimum absolute atomic E-state index is 0.0462. The van der Waals surface area contributed by atoms with Gasteiger partial charge in [0, 0.05) is 38.7 Å². The van der Waals surface area contributed by atoms with Crippen LogP contribution in [0.1, 0.15) is 25.7 Å². The van der Waals surface area contributed by atoms with Gasteiger partial charge in [-0.05, 0) is 37.8 Å². The van der Waals surface area contributed by atoms with Crippen molar-refractivity contribution in [3.8, 4) is 0 Å². The van der Waals surface area contributed by atoms with Crippen LogP contribution in [-0.2, 0) is 19.1 Å². The maximum absolute atomic E-state index is 12.9. The number of hydrogen-bond donors (Lipinski definition) is 1. The zero-order valence-electron chi connectivity index (χ0n) is 16.3. The van der Waals surface area contributed by atoms with Crippen LogP contribution in [0.3, 0.4) is 0 Å². The molecule has 152 valence electrons. The largest absolute Gasteiger partial charge is 0.378 e. The second-order valence-electron chi connectivity index (χ2n) is 7.71. The number of hydrogen-bond acceptors (Lipinski definition) is 5. The Morgan fingerprint density at radius 2 is 1.71 bits per heavy atom. The van der Waals surface area contributed by atoms with E-state index in [1.807, 2.05) is 29.2 Å². The van der Waals surface area contributed by atoms with Crippen LogP contribution in [0, 0.1) is 5.92 Å². The van der Waals surface area contributed by atoms with Crippen molar-refractivity contribution < 1.29 is 19.1 Å². The molecule has 2 amide bonds. The summed E-state index contributed by atoms with van der Waals surface area (Å²) in [6.45, 7) is 5.01. The van der Waals surface area contributed by atoms with E-state index >= 15 is 0 Å². The van der Waals surface area contributed by atoms with E-state index < -0.39 is 0 Å². The van der Waals surface area contributed by atoms with Crippen LogP contribution < -0.4 is 10.2 Å². The predicted molar refractivity (Wildman–Crippen MR) is 106 cm³/mol. The number of piperidine rings is 1. The SMILES string of the molecule is O=C(Nc1ccccc1N1CCOCC1)C1CCN(C(=O)C2CCCO2)CC1. The molecule has 1 aromatic rings. The van der Waals surface area contributed by atoms with E-state index in [1.54, 1.807) is 0 Å². The number of morpholine rings is 1. The van der Waals surface area contributed by atoms with Crippen LogP contribution in [0.25, 0.3) is 0 Å². The summed E-state index contributed by atoms with van der Waals surface area (Å²) in [7, 11) is 0. The Kier molecular flexibility index (Phi) is 6.12. The molecular formula is C21H29N3O4. The highest BCUT2D eigenvalue weighted by Gasteiger charge is 2.33. The molecule has 7 heteroatoms. The standard InChI is InChI=1S/C21H29N3O4/c25-20(16-7-9-24(10-8-16)21(26)19-6-3-13-28-19)22-17-4-1-2-5-18(17)23-11-14-27-15-12-23/h1-2,4-5,16,19H,3,6-15H2,(H,22,25). The van der Waals surface area contributed by atoms with E-state index in [-0.39, 0.29) is 23.8 Å². The highest BCUT2D eigenvalue weighted by atomic mass is 16.5. The number of rotatable bonds is 4. The van der Waals surface area contributed by atoms with Crippen LogP contribution in [0.2, 0.25) is 0 Å².